The number of halogens is 1. The van der Waals surface area contributed by atoms with E-state index in [0.29, 0.717) is 11.6 Å². The molecule has 176 valence electrons. The van der Waals surface area contributed by atoms with Gasteiger partial charge in [-0.05, 0) is 78.1 Å². The molecule has 3 saturated heterocycles. The molecule has 0 radical (unpaired) electrons. The molecule has 3 aliphatic heterocycles. The molecule has 1 amide bonds. The number of amides is 1. The van der Waals surface area contributed by atoms with E-state index in [2.05, 4.69) is 42.3 Å². The van der Waals surface area contributed by atoms with Crippen molar-refractivity contribution in [3.63, 3.8) is 0 Å². The second kappa shape index (κ2) is 8.32. The molecule has 0 saturated carbocycles. The first-order chi connectivity index (χ1) is 15.7. The van der Waals surface area contributed by atoms with Crippen molar-refractivity contribution < 1.29 is 13.9 Å². The highest BCUT2D eigenvalue weighted by Crippen LogP contribution is 2.46. The van der Waals surface area contributed by atoms with E-state index in [1.165, 1.54) is 11.6 Å². The summed E-state index contributed by atoms with van der Waals surface area (Å²) in [6, 6.07) is 11.5. The Hall–Kier alpha value is -2.60. The highest BCUT2D eigenvalue weighted by Gasteiger charge is 2.42. The predicted molar refractivity (Wildman–Crippen MR) is 129 cm³/mol. The van der Waals surface area contributed by atoms with Crippen LogP contribution in [-0.2, 0) is 11.2 Å². The molecule has 6 heteroatoms. The topological polar surface area (TPSA) is 44.8 Å². The molecule has 2 atom stereocenters. The van der Waals surface area contributed by atoms with Crippen molar-refractivity contribution in [1.29, 1.82) is 0 Å². The Balaban J connectivity index is 1.34. The molecule has 0 aromatic heterocycles. The van der Waals surface area contributed by atoms with Gasteiger partial charge in [0, 0.05) is 20.6 Å². The second-order valence-corrected chi connectivity index (χ2v) is 10.8. The van der Waals surface area contributed by atoms with Crippen LogP contribution in [0.1, 0.15) is 43.9 Å². The molecule has 1 aliphatic carbocycles. The number of nitrogens with one attached hydrogen (secondary N) is 1. The summed E-state index contributed by atoms with van der Waals surface area (Å²) in [5, 5.41) is 3.19. The molecule has 6 rings (SSSR count). The quantitative estimate of drug-likeness (QED) is 0.710. The van der Waals surface area contributed by atoms with Crippen LogP contribution in [0.25, 0.3) is 11.1 Å². The standard InChI is InChI=1S/C27H34FN3O2/c1-27(2)15-20-13-18(19-6-8-22(28)23(14-19)30(3)4)5-7-21(20)25(27)29-26(32)33-24-16-31-11-9-17(24)10-12-31/h5-8,13-14,17,24-25H,9-12,15-16H2,1-4H3,(H,29,32)/t24-,25?/m0/s1. The van der Waals surface area contributed by atoms with Gasteiger partial charge in [0.1, 0.15) is 11.9 Å². The number of hydrogen-bond acceptors (Lipinski definition) is 4. The van der Waals surface area contributed by atoms with E-state index in [-0.39, 0.29) is 29.5 Å². The van der Waals surface area contributed by atoms with Gasteiger partial charge in [-0.2, -0.15) is 0 Å². The Morgan fingerprint density at radius 3 is 2.48 bits per heavy atom. The smallest absolute Gasteiger partial charge is 0.407 e. The number of alkyl carbamates (subject to hydrolysis) is 1. The lowest BCUT2D eigenvalue weighted by atomic mass is 9.85. The molecular weight excluding hydrogens is 417 g/mol. The van der Waals surface area contributed by atoms with Gasteiger partial charge in [0.2, 0.25) is 0 Å². The molecule has 3 fully saturated rings. The van der Waals surface area contributed by atoms with Gasteiger partial charge in [0.25, 0.3) is 0 Å². The number of hydrogen-bond donors (Lipinski definition) is 1. The zero-order chi connectivity index (χ0) is 23.3. The minimum Gasteiger partial charge on any atom is -0.445 e. The van der Waals surface area contributed by atoms with E-state index in [1.807, 2.05) is 26.2 Å². The molecule has 3 heterocycles. The maximum Gasteiger partial charge on any atom is 0.407 e. The summed E-state index contributed by atoms with van der Waals surface area (Å²) in [6.07, 6.45) is 2.80. The Morgan fingerprint density at radius 2 is 1.82 bits per heavy atom. The lowest BCUT2D eigenvalue weighted by Crippen LogP contribution is -2.53. The summed E-state index contributed by atoms with van der Waals surface area (Å²) in [5.41, 5.74) is 4.86. The molecule has 1 N–H and O–H groups in total. The van der Waals surface area contributed by atoms with E-state index in [4.69, 9.17) is 4.74 Å². The number of fused-ring (bicyclic) bond motifs is 4. The summed E-state index contributed by atoms with van der Waals surface area (Å²) < 4.78 is 20.1. The van der Waals surface area contributed by atoms with Gasteiger partial charge in [0.15, 0.2) is 0 Å². The average molecular weight is 452 g/mol. The predicted octanol–water partition coefficient (Wildman–Crippen LogP) is 5.00. The van der Waals surface area contributed by atoms with Gasteiger partial charge in [-0.3, -0.25) is 4.90 Å². The van der Waals surface area contributed by atoms with Crippen LogP contribution in [0.2, 0.25) is 0 Å². The van der Waals surface area contributed by atoms with Gasteiger partial charge >= 0.3 is 6.09 Å². The molecule has 2 aromatic carbocycles. The van der Waals surface area contributed by atoms with E-state index < -0.39 is 0 Å². The summed E-state index contributed by atoms with van der Waals surface area (Å²) in [5.74, 6) is 0.270. The van der Waals surface area contributed by atoms with E-state index in [9.17, 15) is 9.18 Å². The Kier molecular flexibility index (Phi) is 5.60. The third-order valence-electron chi connectivity index (χ3n) is 7.76. The SMILES string of the molecule is CN(C)c1cc(-c2ccc3c(c2)CC(C)(C)C3NC(=O)O[C@H]2CN3CCC2CC3)ccc1F. The fraction of sp³-hybridized carbons (Fsp3) is 0.519. The number of piperidine rings is 3. The first-order valence-corrected chi connectivity index (χ1v) is 12.0. The monoisotopic (exact) mass is 451 g/mol. The highest BCUT2D eigenvalue weighted by atomic mass is 19.1. The van der Waals surface area contributed by atoms with Crippen LogP contribution in [0.3, 0.4) is 0 Å². The van der Waals surface area contributed by atoms with Crippen LogP contribution in [0, 0.1) is 17.2 Å². The summed E-state index contributed by atoms with van der Waals surface area (Å²) in [4.78, 5) is 17.1. The number of carbonyl (C=O) groups excluding carboxylic acids is 1. The van der Waals surface area contributed by atoms with Crippen LogP contribution >= 0.6 is 0 Å². The molecule has 2 bridgehead atoms. The Bertz CT molecular complexity index is 1060. The highest BCUT2D eigenvalue weighted by molar-refractivity contribution is 5.72. The van der Waals surface area contributed by atoms with E-state index in [1.54, 1.807) is 4.90 Å². The fourth-order valence-electron chi connectivity index (χ4n) is 5.88. The molecule has 1 unspecified atom stereocenters. The van der Waals surface area contributed by atoms with Crippen LogP contribution in [-0.4, -0.2) is 50.8 Å². The van der Waals surface area contributed by atoms with Gasteiger partial charge in [0.05, 0.1) is 11.7 Å². The maximum absolute atomic E-state index is 14.2. The van der Waals surface area contributed by atoms with Gasteiger partial charge < -0.3 is 15.0 Å². The summed E-state index contributed by atoms with van der Waals surface area (Å²) in [7, 11) is 3.69. The third-order valence-corrected chi connectivity index (χ3v) is 7.76. The van der Waals surface area contributed by atoms with E-state index in [0.717, 1.165) is 55.6 Å². The van der Waals surface area contributed by atoms with Gasteiger partial charge in [-0.15, -0.1) is 0 Å². The van der Waals surface area contributed by atoms with Crippen molar-refractivity contribution in [2.75, 3.05) is 38.6 Å². The third kappa shape index (κ3) is 4.21. The lowest BCUT2D eigenvalue weighted by molar-refractivity contribution is -0.0348. The zero-order valence-corrected chi connectivity index (χ0v) is 20.0. The number of carbonyl (C=O) groups is 1. The van der Waals surface area contributed by atoms with Crippen LogP contribution in [0.4, 0.5) is 14.9 Å². The normalized spacial score (nSPS) is 27.2. The number of ether oxygens (including phenoxy) is 1. The second-order valence-electron chi connectivity index (χ2n) is 10.8. The maximum atomic E-state index is 14.2. The first-order valence-electron chi connectivity index (χ1n) is 12.0. The van der Waals surface area contributed by atoms with Crippen LogP contribution in [0.15, 0.2) is 36.4 Å². The van der Waals surface area contributed by atoms with Crippen molar-refractivity contribution in [3.8, 4) is 11.1 Å². The van der Waals surface area contributed by atoms with E-state index >= 15 is 0 Å². The Labute approximate surface area is 195 Å². The number of benzene rings is 2. The van der Waals surface area contributed by atoms with Gasteiger partial charge in [-0.1, -0.05) is 38.1 Å². The minimum atomic E-state index is -0.307. The number of nitrogens with zero attached hydrogens (tertiary/aromatic N) is 2. The first kappa shape index (κ1) is 22.2. The number of rotatable bonds is 4. The molecule has 2 aromatic rings. The van der Waals surface area contributed by atoms with Crippen LogP contribution in [0.5, 0.6) is 0 Å². The molecule has 4 aliphatic rings. The largest absolute Gasteiger partial charge is 0.445 e. The molecular formula is C27H34FN3O2. The fourth-order valence-corrected chi connectivity index (χ4v) is 5.88. The molecule has 0 spiro atoms. The van der Waals surface area contributed by atoms with Gasteiger partial charge in [-0.25, -0.2) is 9.18 Å². The Morgan fingerprint density at radius 1 is 1.12 bits per heavy atom. The summed E-state index contributed by atoms with van der Waals surface area (Å²) in [6.45, 7) is 7.49. The molecule has 33 heavy (non-hydrogen) atoms. The number of anilines is 1. The summed E-state index contributed by atoms with van der Waals surface area (Å²) >= 11 is 0. The van der Waals surface area contributed by atoms with Crippen molar-refractivity contribution in [3.05, 3.63) is 53.3 Å². The lowest BCUT2D eigenvalue weighted by Gasteiger charge is -2.44. The van der Waals surface area contributed by atoms with Crippen LogP contribution < -0.4 is 10.2 Å². The van der Waals surface area contributed by atoms with Crippen molar-refractivity contribution in [1.82, 2.24) is 10.2 Å². The molecule has 5 nitrogen and oxygen atoms in total. The average Bonchev–Trinajstić information content (AvgIpc) is 3.03. The minimum absolute atomic E-state index is 0.00299. The van der Waals surface area contributed by atoms with Crippen molar-refractivity contribution in [2.45, 2.75) is 45.3 Å². The van der Waals surface area contributed by atoms with Crippen molar-refractivity contribution >= 4 is 11.8 Å². The zero-order valence-electron chi connectivity index (χ0n) is 20.0. The van der Waals surface area contributed by atoms with Crippen molar-refractivity contribution in [2.24, 2.45) is 11.3 Å².